The molecular formula is C20H31IN6S. The molecule has 2 aromatic heterocycles. The van der Waals surface area contributed by atoms with E-state index in [0.29, 0.717) is 5.92 Å². The number of rotatable bonds is 5. The Morgan fingerprint density at radius 1 is 1.39 bits per heavy atom. The van der Waals surface area contributed by atoms with Gasteiger partial charge in [-0.25, -0.2) is 0 Å². The minimum absolute atomic E-state index is 0. The van der Waals surface area contributed by atoms with Gasteiger partial charge in [0.1, 0.15) is 0 Å². The minimum atomic E-state index is 0. The number of aryl methyl sites for hydroxylation is 1. The van der Waals surface area contributed by atoms with Crippen molar-refractivity contribution in [2.75, 3.05) is 39.3 Å². The van der Waals surface area contributed by atoms with Crippen molar-refractivity contribution in [3.05, 3.63) is 39.8 Å². The Labute approximate surface area is 189 Å². The molecule has 4 rings (SSSR count). The number of nitrogens with zero attached hydrogens (tertiary/aromatic N) is 5. The van der Waals surface area contributed by atoms with E-state index in [1.165, 1.54) is 24.0 Å². The van der Waals surface area contributed by atoms with Crippen LogP contribution < -0.4 is 5.32 Å². The average molecular weight is 514 g/mol. The molecule has 1 unspecified atom stereocenters. The van der Waals surface area contributed by atoms with Crippen LogP contribution in [0.5, 0.6) is 0 Å². The van der Waals surface area contributed by atoms with Crippen LogP contribution in [0.25, 0.3) is 0 Å². The van der Waals surface area contributed by atoms with E-state index in [0.717, 1.165) is 51.8 Å². The first-order valence-corrected chi connectivity index (χ1v) is 10.9. The quantitative estimate of drug-likeness (QED) is 0.379. The fourth-order valence-electron chi connectivity index (χ4n) is 4.10. The summed E-state index contributed by atoms with van der Waals surface area (Å²) in [4.78, 5) is 11.5. The molecule has 0 aromatic carbocycles. The van der Waals surface area contributed by atoms with Gasteiger partial charge in [-0.05, 0) is 42.3 Å². The van der Waals surface area contributed by atoms with E-state index in [-0.39, 0.29) is 24.0 Å². The first kappa shape index (κ1) is 21.6. The van der Waals surface area contributed by atoms with E-state index in [4.69, 9.17) is 4.99 Å². The minimum Gasteiger partial charge on any atom is -0.357 e. The molecule has 0 aliphatic carbocycles. The number of hydrogen-bond acceptors (Lipinski definition) is 4. The summed E-state index contributed by atoms with van der Waals surface area (Å²) in [5, 5.41) is 10.0. The van der Waals surface area contributed by atoms with Gasteiger partial charge < -0.3 is 10.2 Å². The van der Waals surface area contributed by atoms with Gasteiger partial charge in [0, 0.05) is 63.3 Å². The lowest BCUT2D eigenvalue weighted by Gasteiger charge is -2.26. The summed E-state index contributed by atoms with van der Waals surface area (Å²) >= 11 is 1.90. The van der Waals surface area contributed by atoms with Crippen LogP contribution in [0, 0.1) is 0 Å². The van der Waals surface area contributed by atoms with Crippen molar-refractivity contribution in [2.24, 2.45) is 12.0 Å². The third-order valence-electron chi connectivity index (χ3n) is 5.58. The van der Waals surface area contributed by atoms with Crippen LogP contribution in [0.15, 0.2) is 28.8 Å². The summed E-state index contributed by atoms with van der Waals surface area (Å²) < 4.78 is 1.90. The summed E-state index contributed by atoms with van der Waals surface area (Å²) in [7, 11) is 1.99. The molecule has 1 fully saturated rings. The highest BCUT2D eigenvalue weighted by molar-refractivity contribution is 14.0. The second-order valence-electron chi connectivity index (χ2n) is 7.51. The van der Waals surface area contributed by atoms with Crippen LogP contribution >= 0.6 is 35.3 Å². The second-order valence-corrected chi connectivity index (χ2v) is 8.51. The maximum atomic E-state index is 4.94. The van der Waals surface area contributed by atoms with Crippen molar-refractivity contribution in [3.63, 3.8) is 0 Å². The predicted octanol–water partition coefficient (Wildman–Crippen LogP) is 2.91. The largest absolute Gasteiger partial charge is 0.357 e. The van der Waals surface area contributed by atoms with Gasteiger partial charge in [0.2, 0.25) is 0 Å². The molecule has 8 heteroatoms. The lowest BCUT2D eigenvalue weighted by Crippen LogP contribution is -2.40. The van der Waals surface area contributed by atoms with Gasteiger partial charge in [0.05, 0.1) is 12.7 Å². The summed E-state index contributed by atoms with van der Waals surface area (Å²) in [6.07, 6.45) is 6.51. The first-order valence-electron chi connectivity index (χ1n) is 10.0. The van der Waals surface area contributed by atoms with Crippen molar-refractivity contribution in [2.45, 2.75) is 32.2 Å². The van der Waals surface area contributed by atoms with Crippen LogP contribution in [-0.2, 0) is 20.0 Å². The van der Waals surface area contributed by atoms with Gasteiger partial charge in [-0.3, -0.25) is 14.6 Å². The Morgan fingerprint density at radius 2 is 2.29 bits per heavy atom. The lowest BCUT2D eigenvalue weighted by molar-refractivity contribution is 0.263. The molecule has 6 nitrogen and oxygen atoms in total. The highest BCUT2D eigenvalue weighted by Gasteiger charge is 2.27. The first-order chi connectivity index (χ1) is 13.2. The van der Waals surface area contributed by atoms with E-state index < -0.39 is 0 Å². The van der Waals surface area contributed by atoms with Gasteiger partial charge in [-0.2, -0.15) is 5.10 Å². The summed E-state index contributed by atoms with van der Waals surface area (Å²) in [5.41, 5.74) is 2.86. The molecule has 2 aromatic rings. The molecule has 0 amide bonds. The maximum absolute atomic E-state index is 4.94. The van der Waals surface area contributed by atoms with E-state index in [2.05, 4.69) is 44.8 Å². The van der Waals surface area contributed by atoms with Crippen LogP contribution in [0.2, 0.25) is 0 Å². The number of fused-ring (bicyclic) bond motifs is 1. The number of likely N-dealkylation sites (tertiary alicyclic amines) is 1. The maximum Gasteiger partial charge on any atom is 0.193 e. The number of aliphatic imine (C=N–C) groups is 1. The van der Waals surface area contributed by atoms with E-state index in [1.807, 2.05) is 29.3 Å². The molecule has 4 heterocycles. The van der Waals surface area contributed by atoms with Crippen LogP contribution in [0.4, 0.5) is 0 Å². The molecule has 0 radical (unpaired) electrons. The van der Waals surface area contributed by atoms with Crippen LogP contribution in [-0.4, -0.2) is 64.8 Å². The lowest BCUT2D eigenvalue weighted by atomic mass is 10.0. The van der Waals surface area contributed by atoms with E-state index in [9.17, 15) is 0 Å². The smallest absolute Gasteiger partial charge is 0.193 e. The van der Waals surface area contributed by atoms with E-state index in [1.54, 1.807) is 4.88 Å². The molecule has 1 N–H and O–H groups in total. The molecule has 1 saturated heterocycles. The zero-order chi connectivity index (χ0) is 18.6. The number of halogens is 1. The fourth-order valence-corrected chi connectivity index (χ4v) is 4.99. The highest BCUT2D eigenvalue weighted by atomic mass is 127. The molecule has 2 aliphatic heterocycles. The Bertz CT molecular complexity index is 785. The number of guanidine groups is 1. The van der Waals surface area contributed by atoms with Crippen molar-refractivity contribution >= 4 is 41.3 Å². The number of hydrogen-bond donors (Lipinski definition) is 1. The van der Waals surface area contributed by atoms with Gasteiger partial charge in [0.25, 0.3) is 0 Å². The third kappa shape index (κ3) is 5.07. The van der Waals surface area contributed by atoms with Crippen molar-refractivity contribution in [1.29, 1.82) is 0 Å². The predicted molar refractivity (Wildman–Crippen MR) is 127 cm³/mol. The van der Waals surface area contributed by atoms with Crippen molar-refractivity contribution in [1.82, 2.24) is 24.9 Å². The van der Waals surface area contributed by atoms with Crippen LogP contribution in [0.1, 0.15) is 35.3 Å². The number of nitrogens with one attached hydrogen (secondary N) is 1. The van der Waals surface area contributed by atoms with Crippen molar-refractivity contribution < 1.29 is 0 Å². The molecule has 2 aliphatic rings. The van der Waals surface area contributed by atoms with Gasteiger partial charge in [-0.15, -0.1) is 35.3 Å². The third-order valence-corrected chi connectivity index (χ3v) is 6.61. The summed E-state index contributed by atoms with van der Waals surface area (Å²) in [5.74, 6) is 1.62. The van der Waals surface area contributed by atoms with Gasteiger partial charge in [-0.1, -0.05) is 0 Å². The molecule has 1 atom stereocenters. The molecule has 28 heavy (non-hydrogen) atoms. The van der Waals surface area contributed by atoms with Gasteiger partial charge in [0.15, 0.2) is 5.96 Å². The zero-order valence-corrected chi connectivity index (χ0v) is 20.0. The normalized spacial score (nSPS) is 20.1. The Morgan fingerprint density at radius 3 is 3.07 bits per heavy atom. The standard InChI is InChI=1S/C20H30N6S.HI/c1-3-21-20(26-9-4-16(15-26)18-12-23-24(2)13-18)22-7-10-25-8-5-19-17(14-25)6-11-27-19;/h6,11-13,16H,3-5,7-10,14-15H2,1-2H3,(H,21,22);1H. The highest BCUT2D eigenvalue weighted by Crippen LogP contribution is 2.27. The molecule has 154 valence electrons. The Balaban J connectivity index is 0.00000225. The molecular weight excluding hydrogens is 483 g/mol. The number of aromatic nitrogens is 2. The van der Waals surface area contributed by atoms with Gasteiger partial charge >= 0.3 is 0 Å². The Kier molecular flexibility index (Phi) is 7.76. The van der Waals surface area contributed by atoms with Crippen molar-refractivity contribution in [3.8, 4) is 0 Å². The summed E-state index contributed by atoms with van der Waals surface area (Å²) in [6, 6.07) is 2.28. The number of thiophene rings is 1. The fraction of sp³-hybridized carbons (Fsp3) is 0.600. The monoisotopic (exact) mass is 514 g/mol. The Hall–Kier alpha value is -1.13. The molecule has 0 bridgehead atoms. The average Bonchev–Trinajstić information content (AvgIpc) is 3.40. The van der Waals surface area contributed by atoms with Crippen LogP contribution in [0.3, 0.4) is 0 Å². The SMILES string of the molecule is CCNC(=NCCN1CCc2sccc2C1)N1CCC(c2cnn(C)c2)C1.I. The zero-order valence-electron chi connectivity index (χ0n) is 16.8. The van der Waals surface area contributed by atoms with E-state index >= 15 is 0 Å². The second kappa shape index (κ2) is 10.1. The topological polar surface area (TPSA) is 48.7 Å². The summed E-state index contributed by atoms with van der Waals surface area (Å²) in [6.45, 7) is 9.28. The molecule has 0 saturated carbocycles. The molecule has 0 spiro atoms.